The van der Waals surface area contributed by atoms with Gasteiger partial charge in [0.2, 0.25) is 0 Å². The lowest BCUT2D eigenvalue weighted by molar-refractivity contribution is 0.220. The van der Waals surface area contributed by atoms with E-state index in [1.807, 2.05) is 0 Å². The number of nitrogens with two attached hydrogens (primary N) is 1. The topological polar surface area (TPSA) is 29.3 Å². The van der Waals surface area contributed by atoms with E-state index in [1.54, 1.807) is 0 Å². The summed E-state index contributed by atoms with van der Waals surface area (Å²) in [5.41, 5.74) is 8.90. The molecule has 1 fully saturated rings. The number of rotatable bonds is 4. The average molecular weight is 246 g/mol. The number of nitrogens with zero attached hydrogens (tertiary/aromatic N) is 1. The Morgan fingerprint density at radius 3 is 2.28 bits per heavy atom. The van der Waals surface area contributed by atoms with Crippen LogP contribution in [0.3, 0.4) is 0 Å². The predicted molar refractivity (Wildman–Crippen MR) is 77.5 cm³/mol. The first-order valence-electron chi connectivity index (χ1n) is 7.13. The van der Waals surface area contributed by atoms with Crippen molar-refractivity contribution in [1.29, 1.82) is 0 Å². The van der Waals surface area contributed by atoms with Gasteiger partial charge in [0.25, 0.3) is 0 Å². The third kappa shape index (κ3) is 4.11. The zero-order valence-electron chi connectivity index (χ0n) is 11.8. The Hall–Kier alpha value is -0.860. The zero-order valence-corrected chi connectivity index (χ0v) is 11.8. The largest absolute Gasteiger partial charge is 0.325 e. The molecule has 2 rings (SSSR count). The molecule has 2 N–H and O–H groups in total. The standard InChI is InChI=1S/C16H26N2/c1-16(2,17)12-14-8-4-5-9-15(14)13-18-10-6-3-7-11-18/h4-5,8-9H,3,6-7,10-13,17H2,1-2H3. The van der Waals surface area contributed by atoms with Crippen LogP contribution >= 0.6 is 0 Å². The molecule has 0 bridgehead atoms. The monoisotopic (exact) mass is 246 g/mol. The lowest BCUT2D eigenvalue weighted by Gasteiger charge is -2.28. The minimum Gasteiger partial charge on any atom is -0.325 e. The van der Waals surface area contributed by atoms with Crippen LogP contribution in [-0.2, 0) is 13.0 Å². The SMILES string of the molecule is CC(C)(N)Cc1ccccc1CN1CCCCC1. The average Bonchev–Trinajstić information content (AvgIpc) is 2.31. The molecule has 0 unspecified atom stereocenters. The van der Waals surface area contributed by atoms with Gasteiger partial charge in [-0.15, -0.1) is 0 Å². The van der Waals surface area contributed by atoms with Crippen LogP contribution in [0.1, 0.15) is 44.2 Å². The molecule has 0 aromatic heterocycles. The van der Waals surface area contributed by atoms with Crippen molar-refractivity contribution >= 4 is 0 Å². The van der Waals surface area contributed by atoms with Gasteiger partial charge in [-0.05, 0) is 57.3 Å². The van der Waals surface area contributed by atoms with E-state index in [9.17, 15) is 0 Å². The molecule has 0 spiro atoms. The Balaban J connectivity index is 2.06. The molecule has 0 radical (unpaired) electrons. The molecule has 0 atom stereocenters. The second kappa shape index (κ2) is 5.85. The van der Waals surface area contributed by atoms with E-state index in [2.05, 4.69) is 43.0 Å². The summed E-state index contributed by atoms with van der Waals surface area (Å²) in [6.07, 6.45) is 5.06. The number of piperidine rings is 1. The van der Waals surface area contributed by atoms with E-state index in [1.165, 1.54) is 43.5 Å². The maximum Gasteiger partial charge on any atom is 0.0236 e. The first-order chi connectivity index (χ1) is 8.54. The minimum absolute atomic E-state index is 0.127. The molecule has 0 saturated carbocycles. The minimum atomic E-state index is -0.127. The summed E-state index contributed by atoms with van der Waals surface area (Å²) in [7, 11) is 0. The van der Waals surface area contributed by atoms with E-state index < -0.39 is 0 Å². The van der Waals surface area contributed by atoms with Gasteiger partial charge in [0, 0.05) is 12.1 Å². The fraction of sp³-hybridized carbons (Fsp3) is 0.625. The van der Waals surface area contributed by atoms with Crippen LogP contribution in [0.4, 0.5) is 0 Å². The van der Waals surface area contributed by atoms with Crippen molar-refractivity contribution in [3.8, 4) is 0 Å². The highest BCUT2D eigenvalue weighted by atomic mass is 15.1. The lowest BCUT2D eigenvalue weighted by atomic mass is 9.92. The van der Waals surface area contributed by atoms with Gasteiger partial charge in [0.15, 0.2) is 0 Å². The van der Waals surface area contributed by atoms with Crippen LogP contribution in [0.5, 0.6) is 0 Å². The molecule has 2 heteroatoms. The smallest absolute Gasteiger partial charge is 0.0236 e. The molecule has 1 aliphatic rings. The zero-order chi connectivity index (χ0) is 13.0. The maximum absolute atomic E-state index is 6.16. The van der Waals surface area contributed by atoms with E-state index in [0.29, 0.717) is 0 Å². The van der Waals surface area contributed by atoms with E-state index in [-0.39, 0.29) is 5.54 Å². The fourth-order valence-corrected chi connectivity index (χ4v) is 2.73. The van der Waals surface area contributed by atoms with E-state index in [4.69, 9.17) is 5.73 Å². The van der Waals surface area contributed by atoms with Crippen molar-refractivity contribution in [3.63, 3.8) is 0 Å². The highest BCUT2D eigenvalue weighted by Gasteiger charge is 2.16. The second-order valence-corrected chi connectivity index (χ2v) is 6.27. The number of hydrogen-bond acceptors (Lipinski definition) is 2. The first-order valence-corrected chi connectivity index (χ1v) is 7.13. The van der Waals surface area contributed by atoms with Crippen LogP contribution in [0, 0.1) is 0 Å². The molecule has 1 heterocycles. The van der Waals surface area contributed by atoms with Gasteiger partial charge >= 0.3 is 0 Å². The first kappa shape index (κ1) is 13.6. The molecular weight excluding hydrogens is 220 g/mol. The summed E-state index contributed by atoms with van der Waals surface area (Å²) in [5, 5.41) is 0. The van der Waals surface area contributed by atoms with E-state index in [0.717, 1.165) is 13.0 Å². The third-order valence-corrected chi connectivity index (χ3v) is 3.61. The van der Waals surface area contributed by atoms with E-state index >= 15 is 0 Å². The lowest BCUT2D eigenvalue weighted by Crippen LogP contribution is -2.35. The van der Waals surface area contributed by atoms with Crippen molar-refractivity contribution in [2.24, 2.45) is 5.73 Å². The molecule has 18 heavy (non-hydrogen) atoms. The van der Waals surface area contributed by atoms with Gasteiger partial charge in [0.1, 0.15) is 0 Å². The van der Waals surface area contributed by atoms with Crippen molar-refractivity contribution in [2.45, 2.75) is 51.6 Å². The Bertz CT molecular complexity index is 373. The summed E-state index contributed by atoms with van der Waals surface area (Å²) in [4.78, 5) is 2.58. The van der Waals surface area contributed by atoms with Gasteiger partial charge in [-0.25, -0.2) is 0 Å². The van der Waals surface area contributed by atoms with Crippen molar-refractivity contribution in [3.05, 3.63) is 35.4 Å². The Morgan fingerprint density at radius 1 is 1.06 bits per heavy atom. The molecular formula is C16H26N2. The molecule has 1 saturated heterocycles. The molecule has 1 aromatic rings. The Kier molecular flexibility index (Phi) is 4.41. The summed E-state index contributed by atoms with van der Waals surface area (Å²) in [6.45, 7) is 7.79. The quantitative estimate of drug-likeness (QED) is 0.885. The molecule has 100 valence electrons. The fourth-order valence-electron chi connectivity index (χ4n) is 2.73. The highest BCUT2D eigenvalue weighted by Crippen LogP contribution is 2.19. The van der Waals surface area contributed by atoms with Gasteiger partial charge in [-0.2, -0.15) is 0 Å². The number of hydrogen-bond donors (Lipinski definition) is 1. The van der Waals surface area contributed by atoms with Gasteiger partial charge in [0.05, 0.1) is 0 Å². The molecule has 0 amide bonds. The van der Waals surface area contributed by atoms with Gasteiger partial charge in [-0.3, -0.25) is 4.90 Å². The summed E-state index contributed by atoms with van der Waals surface area (Å²) < 4.78 is 0. The van der Waals surface area contributed by atoms with Crippen LogP contribution in [0.15, 0.2) is 24.3 Å². The van der Waals surface area contributed by atoms with Crippen LogP contribution in [-0.4, -0.2) is 23.5 Å². The van der Waals surface area contributed by atoms with Crippen LogP contribution in [0.25, 0.3) is 0 Å². The molecule has 2 nitrogen and oxygen atoms in total. The second-order valence-electron chi connectivity index (χ2n) is 6.27. The van der Waals surface area contributed by atoms with Gasteiger partial charge < -0.3 is 5.73 Å². The highest BCUT2D eigenvalue weighted by molar-refractivity contribution is 5.28. The van der Waals surface area contributed by atoms with Gasteiger partial charge in [-0.1, -0.05) is 30.7 Å². The van der Waals surface area contributed by atoms with Crippen molar-refractivity contribution < 1.29 is 0 Å². The van der Waals surface area contributed by atoms with Crippen LogP contribution < -0.4 is 5.73 Å². The molecule has 0 aliphatic carbocycles. The van der Waals surface area contributed by atoms with Crippen molar-refractivity contribution in [1.82, 2.24) is 4.90 Å². The molecule has 1 aromatic carbocycles. The molecule has 1 aliphatic heterocycles. The normalized spacial score (nSPS) is 17.9. The third-order valence-electron chi connectivity index (χ3n) is 3.61. The van der Waals surface area contributed by atoms with Crippen molar-refractivity contribution in [2.75, 3.05) is 13.1 Å². The number of benzene rings is 1. The summed E-state index contributed by atoms with van der Waals surface area (Å²) in [5.74, 6) is 0. The maximum atomic E-state index is 6.16. The summed E-state index contributed by atoms with van der Waals surface area (Å²) >= 11 is 0. The Morgan fingerprint density at radius 2 is 1.67 bits per heavy atom. The van der Waals surface area contributed by atoms with Crippen LogP contribution in [0.2, 0.25) is 0 Å². The summed E-state index contributed by atoms with van der Waals surface area (Å²) in [6, 6.07) is 8.76. The predicted octanol–water partition coefficient (Wildman–Crippen LogP) is 2.95. The number of likely N-dealkylation sites (tertiary alicyclic amines) is 1. The Labute approximate surface area is 111 Å².